The van der Waals surface area contributed by atoms with E-state index in [4.69, 9.17) is 10.5 Å². The first-order chi connectivity index (χ1) is 8.78. The van der Waals surface area contributed by atoms with Crippen molar-refractivity contribution < 1.29 is 4.74 Å². The smallest absolute Gasteiger partial charge is 0.125 e. The number of pyridine rings is 1. The summed E-state index contributed by atoms with van der Waals surface area (Å²) in [5.41, 5.74) is 7.87. The fourth-order valence-electron chi connectivity index (χ4n) is 1.70. The molecule has 0 atom stereocenters. The highest BCUT2D eigenvalue weighted by molar-refractivity contribution is 5.49. The van der Waals surface area contributed by atoms with Crippen molar-refractivity contribution in [2.45, 2.75) is 6.42 Å². The quantitative estimate of drug-likeness (QED) is 0.846. The molecule has 18 heavy (non-hydrogen) atoms. The number of rotatable bonds is 5. The van der Waals surface area contributed by atoms with Gasteiger partial charge in [-0.1, -0.05) is 12.1 Å². The van der Waals surface area contributed by atoms with Gasteiger partial charge in [-0.2, -0.15) is 0 Å². The van der Waals surface area contributed by atoms with Crippen molar-refractivity contribution in [1.82, 2.24) is 4.98 Å². The van der Waals surface area contributed by atoms with Gasteiger partial charge in [-0.3, -0.25) is 0 Å². The highest BCUT2D eigenvalue weighted by atomic mass is 16.5. The zero-order chi connectivity index (χ0) is 12.8. The minimum Gasteiger partial charge on any atom is -0.497 e. The molecule has 4 heteroatoms. The van der Waals surface area contributed by atoms with Gasteiger partial charge < -0.3 is 15.8 Å². The molecule has 0 amide bonds. The first kappa shape index (κ1) is 12.2. The first-order valence-corrected chi connectivity index (χ1v) is 5.86. The molecule has 0 aliphatic carbocycles. The van der Waals surface area contributed by atoms with E-state index in [0.717, 1.165) is 24.4 Å². The second kappa shape index (κ2) is 5.91. The number of benzene rings is 1. The van der Waals surface area contributed by atoms with Gasteiger partial charge in [-0.15, -0.1) is 0 Å². The first-order valence-electron chi connectivity index (χ1n) is 5.86. The van der Waals surface area contributed by atoms with Crippen LogP contribution in [0.4, 0.5) is 11.5 Å². The highest BCUT2D eigenvalue weighted by Crippen LogP contribution is 2.12. The summed E-state index contributed by atoms with van der Waals surface area (Å²) in [4.78, 5) is 3.95. The molecule has 4 nitrogen and oxygen atoms in total. The molecule has 2 rings (SSSR count). The molecule has 1 aromatic heterocycles. The van der Waals surface area contributed by atoms with Crippen LogP contribution in [0.15, 0.2) is 42.6 Å². The third-order valence-electron chi connectivity index (χ3n) is 2.68. The zero-order valence-electron chi connectivity index (χ0n) is 10.4. The summed E-state index contributed by atoms with van der Waals surface area (Å²) in [6, 6.07) is 11.8. The predicted octanol–water partition coefficient (Wildman–Crippen LogP) is 2.33. The fourth-order valence-corrected chi connectivity index (χ4v) is 1.70. The summed E-state index contributed by atoms with van der Waals surface area (Å²) in [5.74, 6) is 1.41. The zero-order valence-corrected chi connectivity index (χ0v) is 10.4. The van der Waals surface area contributed by atoms with Crippen molar-refractivity contribution in [3.05, 3.63) is 48.2 Å². The second-order valence-electron chi connectivity index (χ2n) is 3.99. The lowest BCUT2D eigenvalue weighted by Crippen LogP contribution is -2.05. The summed E-state index contributed by atoms with van der Waals surface area (Å²) in [5, 5.41) is 3.31. The van der Waals surface area contributed by atoms with Crippen LogP contribution in [0.2, 0.25) is 0 Å². The normalized spacial score (nSPS) is 10.1. The third-order valence-corrected chi connectivity index (χ3v) is 2.68. The van der Waals surface area contributed by atoms with Gasteiger partial charge in [0.15, 0.2) is 0 Å². The SMILES string of the molecule is COc1ccc(CCNc2ccnc(N)c2)cc1. The highest BCUT2D eigenvalue weighted by Gasteiger charge is 1.96. The molecule has 0 radical (unpaired) electrons. The van der Waals surface area contributed by atoms with Crippen molar-refractivity contribution in [2.75, 3.05) is 24.7 Å². The van der Waals surface area contributed by atoms with E-state index in [0.29, 0.717) is 5.82 Å². The molecular weight excluding hydrogens is 226 g/mol. The van der Waals surface area contributed by atoms with Crippen molar-refractivity contribution >= 4 is 11.5 Å². The molecular formula is C14H17N3O. The van der Waals surface area contributed by atoms with Crippen molar-refractivity contribution in [2.24, 2.45) is 0 Å². The lowest BCUT2D eigenvalue weighted by molar-refractivity contribution is 0.414. The average Bonchev–Trinajstić information content (AvgIpc) is 2.40. The minimum absolute atomic E-state index is 0.532. The number of anilines is 2. The Balaban J connectivity index is 1.84. The van der Waals surface area contributed by atoms with Gasteiger partial charge in [0, 0.05) is 24.5 Å². The van der Waals surface area contributed by atoms with Gasteiger partial charge in [0.25, 0.3) is 0 Å². The van der Waals surface area contributed by atoms with E-state index in [9.17, 15) is 0 Å². The maximum absolute atomic E-state index is 5.61. The van der Waals surface area contributed by atoms with Crippen LogP contribution in [0.5, 0.6) is 5.75 Å². The van der Waals surface area contributed by atoms with Gasteiger partial charge in [-0.25, -0.2) is 4.98 Å². The van der Waals surface area contributed by atoms with Crippen LogP contribution >= 0.6 is 0 Å². The second-order valence-corrected chi connectivity index (χ2v) is 3.99. The lowest BCUT2D eigenvalue weighted by atomic mass is 10.1. The number of nitrogens with zero attached hydrogens (tertiary/aromatic N) is 1. The van der Waals surface area contributed by atoms with Crippen molar-refractivity contribution in [3.63, 3.8) is 0 Å². The molecule has 0 bridgehead atoms. The van der Waals surface area contributed by atoms with Crippen molar-refractivity contribution in [1.29, 1.82) is 0 Å². The number of aromatic nitrogens is 1. The molecule has 3 N–H and O–H groups in total. The molecule has 0 aliphatic heterocycles. The van der Waals surface area contributed by atoms with E-state index in [1.807, 2.05) is 24.3 Å². The molecule has 0 aliphatic rings. The van der Waals surface area contributed by atoms with Crippen LogP contribution in [0, 0.1) is 0 Å². The number of hydrogen-bond donors (Lipinski definition) is 2. The molecule has 0 fully saturated rings. The summed E-state index contributed by atoms with van der Waals surface area (Å²) in [6.07, 6.45) is 2.65. The van der Waals surface area contributed by atoms with Gasteiger partial charge in [0.05, 0.1) is 7.11 Å². The van der Waals surface area contributed by atoms with E-state index >= 15 is 0 Å². The Morgan fingerprint density at radius 3 is 2.67 bits per heavy atom. The number of ether oxygens (including phenoxy) is 1. The van der Waals surface area contributed by atoms with Gasteiger partial charge in [0.2, 0.25) is 0 Å². The molecule has 0 spiro atoms. The van der Waals surface area contributed by atoms with E-state index in [1.54, 1.807) is 13.3 Å². The summed E-state index contributed by atoms with van der Waals surface area (Å²) < 4.78 is 5.12. The van der Waals surface area contributed by atoms with Gasteiger partial charge in [-0.05, 0) is 30.2 Å². The van der Waals surface area contributed by atoms with E-state index < -0.39 is 0 Å². The Labute approximate surface area is 107 Å². The molecule has 0 saturated heterocycles. The summed E-state index contributed by atoms with van der Waals surface area (Å²) in [6.45, 7) is 0.857. The molecule has 1 aromatic carbocycles. The largest absolute Gasteiger partial charge is 0.497 e. The number of nitrogens with one attached hydrogen (secondary N) is 1. The Morgan fingerprint density at radius 1 is 1.22 bits per heavy atom. The van der Waals surface area contributed by atoms with E-state index in [1.165, 1.54) is 5.56 Å². The van der Waals surface area contributed by atoms with Crippen LogP contribution in [0.3, 0.4) is 0 Å². The molecule has 1 heterocycles. The summed E-state index contributed by atoms with van der Waals surface area (Å²) >= 11 is 0. The van der Waals surface area contributed by atoms with Crippen LogP contribution in [0.1, 0.15) is 5.56 Å². The molecule has 0 saturated carbocycles. The molecule has 2 aromatic rings. The fraction of sp³-hybridized carbons (Fsp3) is 0.214. The lowest BCUT2D eigenvalue weighted by Gasteiger charge is -2.07. The molecule has 94 valence electrons. The third kappa shape index (κ3) is 3.38. The Kier molecular flexibility index (Phi) is 4.02. The number of methoxy groups -OCH3 is 1. The number of nitrogen functional groups attached to an aromatic ring is 1. The van der Waals surface area contributed by atoms with E-state index in [-0.39, 0.29) is 0 Å². The standard InChI is InChI=1S/C14H17N3O/c1-18-13-4-2-11(3-5-13)6-8-16-12-7-9-17-14(15)10-12/h2-5,7,9-10H,6,8H2,1H3,(H3,15,16,17). The topological polar surface area (TPSA) is 60.2 Å². The maximum Gasteiger partial charge on any atom is 0.125 e. The maximum atomic E-state index is 5.61. The molecule has 0 unspecified atom stereocenters. The average molecular weight is 243 g/mol. The minimum atomic E-state index is 0.532. The van der Waals surface area contributed by atoms with Gasteiger partial charge >= 0.3 is 0 Å². The number of hydrogen-bond acceptors (Lipinski definition) is 4. The predicted molar refractivity (Wildman–Crippen MR) is 73.8 cm³/mol. The van der Waals surface area contributed by atoms with Crippen LogP contribution in [-0.4, -0.2) is 18.6 Å². The van der Waals surface area contributed by atoms with Crippen LogP contribution < -0.4 is 15.8 Å². The number of nitrogens with two attached hydrogens (primary N) is 1. The van der Waals surface area contributed by atoms with Crippen LogP contribution in [0.25, 0.3) is 0 Å². The van der Waals surface area contributed by atoms with Gasteiger partial charge in [0.1, 0.15) is 11.6 Å². The summed E-state index contributed by atoms with van der Waals surface area (Å²) in [7, 11) is 1.67. The van der Waals surface area contributed by atoms with Crippen LogP contribution in [-0.2, 0) is 6.42 Å². The Morgan fingerprint density at radius 2 is 2.00 bits per heavy atom. The Hall–Kier alpha value is -2.23. The van der Waals surface area contributed by atoms with E-state index in [2.05, 4.69) is 22.4 Å². The Bertz CT molecular complexity index is 497. The monoisotopic (exact) mass is 243 g/mol. The van der Waals surface area contributed by atoms with Crippen molar-refractivity contribution in [3.8, 4) is 5.75 Å².